The van der Waals surface area contributed by atoms with Crippen LogP contribution in [0.1, 0.15) is 28.1 Å². The number of aryl methyl sites for hydroxylation is 3. The normalized spacial score (nSPS) is 11.7. The van der Waals surface area contributed by atoms with E-state index in [0.717, 1.165) is 24.7 Å². The highest BCUT2D eigenvalue weighted by atomic mass is 15.3. The Kier molecular flexibility index (Phi) is 5.42. The molecule has 1 aromatic heterocycles. The molecule has 1 N–H and O–H groups in total. The van der Waals surface area contributed by atoms with Crippen molar-refractivity contribution < 1.29 is 0 Å². The third kappa shape index (κ3) is 3.92. The topological polar surface area (TPSA) is 45.5 Å². The zero-order valence-corrected chi connectivity index (χ0v) is 15.0. The second kappa shape index (κ2) is 7.31. The van der Waals surface area contributed by atoms with Crippen LogP contribution in [0.4, 0.5) is 0 Å². The quantitative estimate of drug-likeness (QED) is 0.697. The number of benzene rings is 1. The molecule has 0 fully saturated rings. The predicted molar refractivity (Wildman–Crippen MR) is 95.5 cm³/mol. The molecule has 0 aliphatic rings. The van der Waals surface area contributed by atoms with Crippen LogP contribution in [0.25, 0.3) is 0 Å². The first-order chi connectivity index (χ1) is 10.9. The molecule has 0 spiro atoms. The van der Waals surface area contributed by atoms with Crippen LogP contribution in [0.2, 0.25) is 0 Å². The van der Waals surface area contributed by atoms with Crippen LogP contribution in [-0.4, -0.2) is 34.7 Å². The molecule has 0 unspecified atom stereocenters. The van der Waals surface area contributed by atoms with E-state index in [1.54, 1.807) is 0 Å². The average molecular weight is 313 g/mol. The van der Waals surface area contributed by atoms with E-state index >= 15 is 0 Å². The molecule has 1 heterocycles. The smallest absolute Gasteiger partial charge is 0.193 e. The summed E-state index contributed by atoms with van der Waals surface area (Å²) < 4.78 is 1.92. The minimum atomic E-state index is 0.732. The van der Waals surface area contributed by atoms with E-state index in [-0.39, 0.29) is 0 Å². The fraction of sp³-hybridized carbons (Fsp3) is 0.444. The lowest BCUT2D eigenvalue weighted by Crippen LogP contribution is -2.38. The Balaban J connectivity index is 2.04. The zero-order chi connectivity index (χ0) is 17.0. The fourth-order valence-electron chi connectivity index (χ4n) is 2.74. The summed E-state index contributed by atoms with van der Waals surface area (Å²) in [4.78, 5) is 6.54. The lowest BCUT2D eigenvalue weighted by molar-refractivity contribution is 0.475. The summed E-state index contributed by atoms with van der Waals surface area (Å²) in [5, 5.41) is 7.90. The Hall–Kier alpha value is -2.30. The highest BCUT2D eigenvalue weighted by molar-refractivity contribution is 5.79. The maximum Gasteiger partial charge on any atom is 0.193 e. The monoisotopic (exact) mass is 313 g/mol. The number of rotatable bonds is 4. The van der Waals surface area contributed by atoms with Crippen LogP contribution in [-0.2, 0) is 20.1 Å². The number of nitrogens with one attached hydrogen (secondary N) is 1. The first-order valence-corrected chi connectivity index (χ1v) is 7.89. The van der Waals surface area contributed by atoms with Crippen molar-refractivity contribution in [2.24, 2.45) is 12.0 Å². The molecule has 5 heteroatoms. The van der Waals surface area contributed by atoms with Crippen molar-refractivity contribution in [1.82, 2.24) is 20.0 Å². The first kappa shape index (κ1) is 17.1. The van der Waals surface area contributed by atoms with Crippen molar-refractivity contribution in [2.45, 2.75) is 33.9 Å². The van der Waals surface area contributed by atoms with Crippen LogP contribution in [0.5, 0.6) is 0 Å². The van der Waals surface area contributed by atoms with E-state index in [1.807, 2.05) is 25.7 Å². The van der Waals surface area contributed by atoms with Gasteiger partial charge in [0.15, 0.2) is 5.96 Å². The van der Waals surface area contributed by atoms with Crippen molar-refractivity contribution in [3.63, 3.8) is 0 Å². The molecule has 1 aromatic carbocycles. The van der Waals surface area contributed by atoms with Gasteiger partial charge in [-0.1, -0.05) is 24.3 Å². The maximum absolute atomic E-state index is 4.46. The van der Waals surface area contributed by atoms with E-state index in [0.29, 0.717) is 0 Å². The summed E-state index contributed by atoms with van der Waals surface area (Å²) in [6.07, 6.45) is 0. The number of nitrogens with zero attached hydrogens (tertiary/aromatic N) is 4. The first-order valence-electron chi connectivity index (χ1n) is 7.89. The highest BCUT2D eigenvalue weighted by Crippen LogP contribution is 2.12. The van der Waals surface area contributed by atoms with Gasteiger partial charge in [-0.05, 0) is 31.9 Å². The lowest BCUT2D eigenvalue weighted by atomic mass is 10.1. The maximum atomic E-state index is 4.46. The van der Waals surface area contributed by atoms with E-state index in [4.69, 9.17) is 0 Å². The molecule has 2 aromatic rings. The minimum Gasteiger partial charge on any atom is -0.352 e. The molecule has 5 nitrogen and oxygen atoms in total. The molecule has 0 aliphatic heterocycles. The molecular formula is C18H27N5. The summed E-state index contributed by atoms with van der Waals surface area (Å²) in [7, 11) is 5.86. The largest absolute Gasteiger partial charge is 0.352 e. The second-order valence-corrected chi connectivity index (χ2v) is 5.96. The van der Waals surface area contributed by atoms with Crippen LogP contribution >= 0.6 is 0 Å². The van der Waals surface area contributed by atoms with Gasteiger partial charge in [0.25, 0.3) is 0 Å². The Morgan fingerprint density at radius 2 is 1.96 bits per heavy atom. The van der Waals surface area contributed by atoms with E-state index in [1.165, 1.54) is 22.4 Å². The van der Waals surface area contributed by atoms with Gasteiger partial charge in [0.2, 0.25) is 0 Å². The zero-order valence-electron chi connectivity index (χ0n) is 15.0. The number of aromatic nitrogens is 2. The summed E-state index contributed by atoms with van der Waals surface area (Å²) >= 11 is 0. The summed E-state index contributed by atoms with van der Waals surface area (Å²) in [5.41, 5.74) is 6.10. The fourth-order valence-corrected chi connectivity index (χ4v) is 2.74. The molecule has 0 saturated heterocycles. The van der Waals surface area contributed by atoms with Crippen molar-refractivity contribution in [3.8, 4) is 0 Å². The average Bonchev–Trinajstić information content (AvgIpc) is 2.76. The SMILES string of the molecule is CN=C(NCc1c(C)nn(C)c1C)N(C)Cc1ccccc1C. The van der Waals surface area contributed by atoms with Crippen molar-refractivity contribution in [3.05, 3.63) is 52.3 Å². The number of aliphatic imine (C=N–C) groups is 1. The van der Waals surface area contributed by atoms with Gasteiger partial charge in [-0.3, -0.25) is 9.67 Å². The van der Waals surface area contributed by atoms with Crippen LogP contribution in [0, 0.1) is 20.8 Å². The van der Waals surface area contributed by atoms with Gasteiger partial charge in [-0.2, -0.15) is 5.10 Å². The molecule has 0 radical (unpaired) electrons. The van der Waals surface area contributed by atoms with Gasteiger partial charge < -0.3 is 10.2 Å². The van der Waals surface area contributed by atoms with Crippen molar-refractivity contribution in [2.75, 3.05) is 14.1 Å². The molecule has 0 saturated carbocycles. The van der Waals surface area contributed by atoms with E-state index < -0.39 is 0 Å². The molecule has 0 atom stereocenters. The summed E-state index contributed by atoms with van der Waals surface area (Å²) in [6.45, 7) is 7.84. The Morgan fingerprint density at radius 1 is 1.26 bits per heavy atom. The number of hydrogen-bond donors (Lipinski definition) is 1. The van der Waals surface area contributed by atoms with Crippen LogP contribution < -0.4 is 5.32 Å². The molecular weight excluding hydrogens is 286 g/mol. The van der Waals surface area contributed by atoms with Gasteiger partial charge in [-0.15, -0.1) is 0 Å². The van der Waals surface area contributed by atoms with Gasteiger partial charge in [-0.25, -0.2) is 0 Å². The Bertz CT molecular complexity index is 699. The van der Waals surface area contributed by atoms with Crippen molar-refractivity contribution in [1.29, 1.82) is 0 Å². The molecule has 0 aliphatic carbocycles. The predicted octanol–water partition coefficient (Wildman–Crippen LogP) is 2.55. The van der Waals surface area contributed by atoms with Crippen molar-refractivity contribution >= 4 is 5.96 Å². The van der Waals surface area contributed by atoms with Gasteiger partial charge in [0.1, 0.15) is 0 Å². The third-order valence-electron chi connectivity index (χ3n) is 4.32. The second-order valence-electron chi connectivity index (χ2n) is 5.96. The van der Waals surface area contributed by atoms with Gasteiger partial charge in [0.05, 0.1) is 5.69 Å². The summed E-state index contributed by atoms with van der Waals surface area (Å²) in [6, 6.07) is 8.45. The standard InChI is InChI=1S/C18H27N5/c1-13-9-7-8-10-16(13)12-22(5)18(19-4)20-11-17-14(2)21-23(6)15(17)3/h7-10H,11-12H2,1-6H3,(H,19,20). The van der Waals surface area contributed by atoms with Gasteiger partial charge in [0, 0.05) is 45.5 Å². The lowest BCUT2D eigenvalue weighted by Gasteiger charge is -2.23. The number of hydrogen-bond acceptors (Lipinski definition) is 2. The highest BCUT2D eigenvalue weighted by Gasteiger charge is 2.12. The third-order valence-corrected chi connectivity index (χ3v) is 4.32. The van der Waals surface area contributed by atoms with E-state index in [9.17, 15) is 0 Å². The number of guanidine groups is 1. The molecule has 0 amide bonds. The van der Waals surface area contributed by atoms with Crippen LogP contribution in [0.15, 0.2) is 29.3 Å². The Labute approximate surface area is 139 Å². The van der Waals surface area contributed by atoms with Crippen LogP contribution in [0.3, 0.4) is 0 Å². The molecule has 23 heavy (non-hydrogen) atoms. The van der Waals surface area contributed by atoms with E-state index in [2.05, 4.69) is 65.5 Å². The Morgan fingerprint density at radius 3 is 2.52 bits per heavy atom. The summed E-state index contributed by atoms with van der Waals surface area (Å²) in [5.74, 6) is 0.885. The molecule has 124 valence electrons. The molecule has 0 bridgehead atoms. The van der Waals surface area contributed by atoms with Gasteiger partial charge >= 0.3 is 0 Å². The minimum absolute atomic E-state index is 0.732. The molecule has 2 rings (SSSR count).